The van der Waals surface area contributed by atoms with Crippen molar-refractivity contribution in [1.29, 1.82) is 0 Å². The molecule has 0 unspecified atom stereocenters. The molecule has 1 aliphatic rings. The summed E-state index contributed by atoms with van der Waals surface area (Å²) >= 11 is 0. The van der Waals surface area contributed by atoms with Crippen LogP contribution in [0.15, 0.2) is 18.2 Å². The van der Waals surface area contributed by atoms with Gasteiger partial charge in [0.2, 0.25) is 15.9 Å². The van der Waals surface area contributed by atoms with E-state index in [-0.39, 0.29) is 18.5 Å². The third-order valence-corrected chi connectivity index (χ3v) is 5.57. The molecule has 1 saturated carbocycles. The Labute approximate surface area is 144 Å². The Kier molecular flexibility index (Phi) is 5.87. The quantitative estimate of drug-likeness (QED) is 0.778. The number of aryl methyl sites for hydroxylation is 1. The van der Waals surface area contributed by atoms with Crippen LogP contribution in [0, 0.1) is 6.92 Å². The summed E-state index contributed by atoms with van der Waals surface area (Å²) in [4.78, 5) is 14.5. The van der Waals surface area contributed by atoms with Gasteiger partial charge in [-0.2, -0.15) is 4.31 Å². The maximum Gasteiger partial charge on any atom is 0.239 e. The van der Waals surface area contributed by atoms with Crippen molar-refractivity contribution in [2.24, 2.45) is 0 Å². The van der Waals surface area contributed by atoms with E-state index in [1.807, 2.05) is 25.1 Å². The lowest BCUT2D eigenvalue weighted by Gasteiger charge is -2.23. The monoisotopic (exact) mass is 353 g/mol. The molecule has 6 nitrogen and oxygen atoms in total. The van der Waals surface area contributed by atoms with Gasteiger partial charge in [-0.3, -0.25) is 4.79 Å². The Morgan fingerprint density at radius 3 is 2.33 bits per heavy atom. The maximum absolute atomic E-state index is 12.3. The van der Waals surface area contributed by atoms with Crippen molar-refractivity contribution in [3.63, 3.8) is 0 Å². The second kappa shape index (κ2) is 7.53. The second-order valence-corrected chi connectivity index (χ2v) is 8.19. The predicted octanol–water partition coefficient (Wildman–Crippen LogP) is 2.20. The van der Waals surface area contributed by atoms with E-state index in [2.05, 4.69) is 24.1 Å². The number of carbonyl (C=O) groups is 1. The first-order valence-electron chi connectivity index (χ1n) is 8.38. The third kappa shape index (κ3) is 4.70. The van der Waals surface area contributed by atoms with Crippen LogP contribution >= 0.6 is 0 Å². The zero-order valence-electron chi connectivity index (χ0n) is 14.9. The van der Waals surface area contributed by atoms with E-state index >= 15 is 0 Å². The first-order chi connectivity index (χ1) is 11.3. The summed E-state index contributed by atoms with van der Waals surface area (Å²) in [5.74, 6) is -0.300. The van der Waals surface area contributed by atoms with Gasteiger partial charge in [0.1, 0.15) is 0 Å². The van der Waals surface area contributed by atoms with Crippen LogP contribution in [0.25, 0.3) is 0 Å². The van der Waals surface area contributed by atoms with Crippen molar-refractivity contribution in [2.75, 3.05) is 36.1 Å². The van der Waals surface area contributed by atoms with E-state index < -0.39 is 10.0 Å². The molecule has 0 spiro atoms. The fraction of sp³-hybridized carbons (Fsp3) is 0.588. The fourth-order valence-corrected chi connectivity index (χ4v) is 3.89. The van der Waals surface area contributed by atoms with E-state index in [1.54, 1.807) is 0 Å². The van der Waals surface area contributed by atoms with Crippen molar-refractivity contribution in [3.05, 3.63) is 23.8 Å². The normalized spacial score (nSPS) is 14.7. The number of hydrogen-bond acceptors (Lipinski definition) is 4. The molecular weight excluding hydrogens is 326 g/mol. The molecule has 0 saturated heterocycles. The molecule has 0 aliphatic heterocycles. The average molecular weight is 353 g/mol. The van der Waals surface area contributed by atoms with Crippen LogP contribution in [0.3, 0.4) is 0 Å². The van der Waals surface area contributed by atoms with Crippen LogP contribution in [-0.2, 0) is 14.8 Å². The van der Waals surface area contributed by atoms with Crippen molar-refractivity contribution in [2.45, 2.75) is 39.7 Å². The standard InChI is InChI=1S/C17H27N3O3S/c1-5-19(6-2)15-9-10-16(13(3)11-15)18-17(21)12-20(14-7-8-14)24(4,22)23/h9-11,14H,5-8,12H2,1-4H3,(H,18,21). The Hall–Kier alpha value is -1.60. The Morgan fingerprint density at radius 1 is 1.25 bits per heavy atom. The number of amides is 1. The van der Waals surface area contributed by atoms with E-state index in [9.17, 15) is 13.2 Å². The Morgan fingerprint density at radius 2 is 1.88 bits per heavy atom. The van der Waals surface area contributed by atoms with Gasteiger partial charge >= 0.3 is 0 Å². The van der Waals surface area contributed by atoms with E-state index in [0.29, 0.717) is 0 Å². The molecule has 1 N–H and O–H groups in total. The number of benzene rings is 1. The number of rotatable bonds is 8. The predicted molar refractivity (Wildman–Crippen MR) is 97.9 cm³/mol. The summed E-state index contributed by atoms with van der Waals surface area (Å²) < 4.78 is 24.9. The van der Waals surface area contributed by atoms with E-state index in [4.69, 9.17) is 0 Å². The van der Waals surface area contributed by atoms with Crippen LogP contribution in [0.4, 0.5) is 11.4 Å². The molecule has 0 radical (unpaired) electrons. The molecule has 1 aliphatic carbocycles. The lowest BCUT2D eigenvalue weighted by atomic mass is 10.1. The summed E-state index contributed by atoms with van der Waals surface area (Å²) in [5, 5.41) is 2.83. The van der Waals surface area contributed by atoms with Crippen LogP contribution in [0.1, 0.15) is 32.3 Å². The summed E-state index contributed by atoms with van der Waals surface area (Å²) in [7, 11) is -3.36. The van der Waals surface area contributed by atoms with Gasteiger partial charge in [0.05, 0.1) is 12.8 Å². The molecule has 7 heteroatoms. The molecule has 0 bridgehead atoms. The van der Waals surface area contributed by atoms with Gasteiger partial charge in [-0.25, -0.2) is 8.42 Å². The average Bonchev–Trinajstić information content (AvgIpc) is 3.32. The highest BCUT2D eigenvalue weighted by atomic mass is 32.2. The first-order valence-corrected chi connectivity index (χ1v) is 10.2. The number of hydrogen-bond donors (Lipinski definition) is 1. The van der Waals surface area contributed by atoms with Gasteiger partial charge < -0.3 is 10.2 Å². The Bertz CT molecular complexity index is 695. The lowest BCUT2D eigenvalue weighted by Crippen LogP contribution is -2.38. The number of sulfonamides is 1. The number of carbonyl (C=O) groups excluding carboxylic acids is 1. The second-order valence-electron chi connectivity index (χ2n) is 6.26. The molecule has 134 valence electrons. The lowest BCUT2D eigenvalue weighted by molar-refractivity contribution is -0.116. The van der Waals surface area contributed by atoms with Gasteiger partial charge in [-0.15, -0.1) is 0 Å². The van der Waals surface area contributed by atoms with Gasteiger partial charge in [0.25, 0.3) is 0 Å². The van der Waals surface area contributed by atoms with Gasteiger partial charge in [-0.05, 0) is 57.4 Å². The van der Waals surface area contributed by atoms with Gasteiger partial charge in [0.15, 0.2) is 0 Å². The van der Waals surface area contributed by atoms with Gasteiger partial charge in [0, 0.05) is 30.5 Å². The van der Waals surface area contributed by atoms with Crippen LogP contribution in [-0.4, -0.2) is 50.6 Å². The SMILES string of the molecule is CCN(CC)c1ccc(NC(=O)CN(C2CC2)S(C)(=O)=O)c(C)c1. The molecule has 24 heavy (non-hydrogen) atoms. The zero-order valence-corrected chi connectivity index (χ0v) is 15.7. The van der Waals surface area contributed by atoms with Gasteiger partial charge in [-0.1, -0.05) is 0 Å². The van der Waals surface area contributed by atoms with Crippen LogP contribution in [0.5, 0.6) is 0 Å². The summed E-state index contributed by atoms with van der Waals surface area (Å²) in [6.07, 6.45) is 2.82. The molecule has 0 atom stereocenters. The molecule has 0 aromatic heterocycles. The van der Waals surface area contributed by atoms with Crippen molar-refractivity contribution < 1.29 is 13.2 Å². The smallest absolute Gasteiger partial charge is 0.239 e. The molecule has 1 aromatic rings. The topological polar surface area (TPSA) is 69.7 Å². The van der Waals surface area contributed by atoms with Crippen LogP contribution < -0.4 is 10.2 Å². The Balaban J connectivity index is 2.06. The molecule has 1 aromatic carbocycles. The summed E-state index contributed by atoms with van der Waals surface area (Å²) in [6.45, 7) is 7.87. The minimum absolute atomic E-state index is 0.0168. The minimum Gasteiger partial charge on any atom is -0.372 e. The minimum atomic E-state index is -3.36. The highest BCUT2D eigenvalue weighted by Gasteiger charge is 2.36. The highest BCUT2D eigenvalue weighted by Crippen LogP contribution is 2.29. The zero-order chi connectivity index (χ0) is 17.9. The maximum atomic E-state index is 12.3. The number of anilines is 2. The number of nitrogens with one attached hydrogen (secondary N) is 1. The first kappa shape index (κ1) is 18.7. The molecular formula is C17H27N3O3S. The van der Waals surface area contributed by atoms with Crippen LogP contribution in [0.2, 0.25) is 0 Å². The molecule has 2 rings (SSSR count). The van der Waals surface area contributed by atoms with Crippen molar-refractivity contribution in [1.82, 2.24) is 4.31 Å². The number of nitrogens with zero attached hydrogens (tertiary/aromatic N) is 2. The molecule has 0 heterocycles. The summed E-state index contributed by atoms with van der Waals surface area (Å²) in [6, 6.07) is 5.88. The van der Waals surface area contributed by atoms with Crippen molar-refractivity contribution in [3.8, 4) is 0 Å². The van der Waals surface area contributed by atoms with E-state index in [0.717, 1.165) is 49.1 Å². The molecule has 1 fully saturated rings. The third-order valence-electron chi connectivity index (χ3n) is 4.29. The van der Waals surface area contributed by atoms with Crippen molar-refractivity contribution >= 4 is 27.3 Å². The highest BCUT2D eigenvalue weighted by molar-refractivity contribution is 7.88. The largest absolute Gasteiger partial charge is 0.372 e. The summed E-state index contributed by atoms with van der Waals surface area (Å²) in [5.41, 5.74) is 2.80. The molecule has 1 amide bonds. The van der Waals surface area contributed by atoms with E-state index in [1.165, 1.54) is 4.31 Å². The fourth-order valence-electron chi connectivity index (χ4n) is 2.78.